The molecule has 4 nitrogen and oxygen atoms in total. The zero-order valence-electron chi connectivity index (χ0n) is 8.35. The van der Waals surface area contributed by atoms with Gasteiger partial charge in [-0.2, -0.15) is 0 Å². The number of nitrogens with zero attached hydrogens (tertiary/aromatic N) is 2. The first-order valence-corrected chi connectivity index (χ1v) is 4.67. The van der Waals surface area contributed by atoms with Gasteiger partial charge in [0.25, 0.3) is 0 Å². The molecule has 1 aromatic rings. The first kappa shape index (κ1) is 10.9. The Morgan fingerprint density at radius 3 is 2.29 bits per heavy atom. The van der Waals surface area contributed by atoms with Crippen LogP contribution in [0.15, 0.2) is 18.3 Å². The van der Waals surface area contributed by atoms with Crippen LogP contribution in [0.5, 0.6) is 0 Å². The summed E-state index contributed by atoms with van der Waals surface area (Å²) in [7, 11) is 0. The summed E-state index contributed by atoms with van der Waals surface area (Å²) in [5.74, 6) is 0.790. The minimum Gasteiger partial charge on any atom is -0.395 e. The Morgan fingerprint density at radius 1 is 1.21 bits per heavy atom. The maximum Gasteiger partial charge on any atom is 0.128 e. The molecule has 1 rings (SSSR count). The Hall–Kier alpha value is -1.13. The number of hydrogen-bond donors (Lipinski definition) is 2. The molecule has 0 bridgehead atoms. The second-order valence-corrected chi connectivity index (χ2v) is 3.13. The fourth-order valence-electron chi connectivity index (χ4n) is 1.23. The summed E-state index contributed by atoms with van der Waals surface area (Å²) in [4.78, 5) is 6.07. The third kappa shape index (κ3) is 2.97. The van der Waals surface area contributed by atoms with Crippen molar-refractivity contribution in [1.82, 2.24) is 4.98 Å². The highest BCUT2D eigenvalue weighted by atomic mass is 16.3. The summed E-state index contributed by atoms with van der Waals surface area (Å²) in [5, 5.41) is 17.7. The smallest absolute Gasteiger partial charge is 0.128 e. The molecule has 0 atom stereocenters. The fourth-order valence-corrected chi connectivity index (χ4v) is 1.23. The van der Waals surface area contributed by atoms with E-state index in [4.69, 9.17) is 10.2 Å². The molecule has 2 N–H and O–H groups in total. The van der Waals surface area contributed by atoms with E-state index in [1.165, 1.54) is 0 Å². The van der Waals surface area contributed by atoms with Gasteiger partial charge in [-0.25, -0.2) is 4.98 Å². The van der Waals surface area contributed by atoms with Gasteiger partial charge in [-0.15, -0.1) is 0 Å². The molecule has 0 aliphatic carbocycles. The van der Waals surface area contributed by atoms with Crippen LogP contribution >= 0.6 is 0 Å². The predicted octanol–water partition coefficient (Wildman–Crippen LogP) is 0.181. The summed E-state index contributed by atoms with van der Waals surface area (Å²) >= 11 is 0. The molecule has 0 aliphatic rings. The highest BCUT2D eigenvalue weighted by molar-refractivity contribution is 5.38. The van der Waals surface area contributed by atoms with Crippen molar-refractivity contribution in [3.63, 3.8) is 0 Å². The zero-order valence-corrected chi connectivity index (χ0v) is 8.35. The molecule has 0 saturated heterocycles. The number of rotatable bonds is 5. The average molecular weight is 196 g/mol. The second kappa shape index (κ2) is 5.57. The van der Waals surface area contributed by atoms with Crippen molar-refractivity contribution in [3.8, 4) is 0 Å². The molecule has 0 spiro atoms. The van der Waals surface area contributed by atoms with Crippen molar-refractivity contribution in [1.29, 1.82) is 0 Å². The van der Waals surface area contributed by atoms with Crippen molar-refractivity contribution in [2.24, 2.45) is 0 Å². The van der Waals surface area contributed by atoms with E-state index in [1.807, 2.05) is 24.0 Å². The van der Waals surface area contributed by atoms with Crippen LogP contribution in [0.25, 0.3) is 0 Å². The largest absolute Gasteiger partial charge is 0.395 e. The van der Waals surface area contributed by atoms with Gasteiger partial charge in [-0.05, 0) is 18.6 Å². The molecule has 78 valence electrons. The molecule has 0 amide bonds. The number of aromatic nitrogens is 1. The monoisotopic (exact) mass is 196 g/mol. The van der Waals surface area contributed by atoms with Gasteiger partial charge in [0.1, 0.15) is 5.82 Å². The Bertz CT molecular complexity index is 255. The number of hydrogen-bond acceptors (Lipinski definition) is 4. The van der Waals surface area contributed by atoms with Gasteiger partial charge in [0.05, 0.1) is 13.2 Å². The highest BCUT2D eigenvalue weighted by Gasteiger charge is 2.05. The van der Waals surface area contributed by atoms with Crippen LogP contribution < -0.4 is 4.90 Å². The van der Waals surface area contributed by atoms with E-state index in [0.29, 0.717) is 13.1 Å². The van der Waals surface area contributed by atoms with E-state index in [1.54, 1.807) is 6.20 Å². The maximum atomic E-state index is 8.83. The molecule has 1 aromatic heterocycles. The maximum absolute atomic E-state index is 8.83. The lowest BCUT2D eigenvalue weighted by molar-refractivity contribution is 0.280. The van der Waals surface area contributed by atoms with E-state index in [2.05, 4.69) is 4.98 Å². The number of anilines is 1. The van der Waals surface area contributed by atoms with Crippen LogP contribution in [-0.2, 0) is 0 Å². The van der Waals surface area contributed by atoms with Gasteiger partial charge < -0.3 is 15.1 Å². The van der Waals surface area contributed by atoms with Crippen LogP contribution in [0.3, 0.4) is 0 Å². The van der Waals surface area contributed by atoms with Crippen LogP contribution in [0, 0.1) is 6.92 Å². The van der Waals surface area contributed by atoms with Crippen molar-refractivity contribution in [2.75, 3.05) is 31.2 Å². The van der Waals surface area contributed by atoms with Crippen molar-refractivity contribution in [3.05, 3.63) is 23.9 Å². The highest BCUT2D eigenvalue weighted by Crippen LogP contribution is 2.09. The first-order valence-electron chi connectivity index (χ1n) is 4.67. The zero-order chi connectivity index (χ0) is 10.4. The lowest BCUT2D eigenvalue weighted by Gasteiger charge is -2.21. The van der Waals surface area contributed by atoms with E-state index < -0.39 is 0 Å². The summed E-state index contributed by atoms with van der Waals surface area (Å²) in [5.41, 5.74) is 1.10. The second-order valence-electron chi connectivity index (χ2n) is 3.13. The minimum absolute atomic E-state index is 0.0650. The molecule has 0 aromatic carbocycles. The molecule has 0 fully saturated rings. The molecular formula is C10H16N2O2. The quantitative estimate of drug-likeness (QED) is 0.705. The summed E-state index contributed by atoms with van der Waals surface area (Å²) in [6.07, 6.45) is 1.77. The molecule has 4 heteroatoms. The number of aliphatic hydroxyl groups excluding tert-OH is 2. The summed E-state index contributed by atoms with van der Waals surface area (Å²) < 4.78 is 0. The minimum atomic E-state index is 0.0650. The van der Waals surface area contributed by atoms with Crippen LogP contribution in [-0.4, -0.2) is 41.5 Å². The van der Waals surface area contributed by atoms with E-state index in [9.17, 15) is 0 Å². The Labute approximate surface area is 83.8 Å². The Morgan fingerprint density at radius 2 is 1.86 bits per heavy atom. The topological polar surface area (TPSA) is 56.6 Å². The molecule has 0 unspecified atom stereocenters. The first-order chi connectivity index (χ1) is 6.77. The normalized spacial score (nSPS) is 10.2. The van der Waals surface area contributed by atoms with Gasteiger partial charge in [0.15, 0.2) is 0 Å². The molecule has 0 radical (unpaired) electrons. The van der Waals surface area contributed by atoms with Gasteiger partial charge in [0.2, 0.25) is 0 Å². The lowest BCUT2D eigenvalue weighted by atomic mass is 10.3. The number of aryl methyl sites for hydroxylation is 1. The third-order valence-electron chi connectivity index (χ3n) is 1.96. The van der Waals surface area contributed by atoms with Gasteiger partial charge in [0, 0.05) is 19.3 Å². The number of pyridine rings is 1. The van der Waals surface area contributed by atoms with Crippen molar-refractivity contribution < 1.29 is 10.2 Å². The van der Waals surface area contributed by atoms with Gasteiger partial charge in [-0.1, -0.05) is 6.07 Å². The summed E-state index contributed by atoms with van der Waals surface area (Å²) in [6, 6.07) is 3.85. The number of aliphatic hydroxyl groups is 2. The molecule has 0 aliphatic heterocycles. The van der Waals surface area contributed by atoms with Gasteiger partial charge in [-0.3, -0.25) is 0 Å². The predicted molar refractivity (Wildman–Crippen MR) is 55.4 cm³/mol. The van der Waals surface area contributed by atoms with Crippen LogP contribution in [0.1, 0.15) is 5.56 Å². The van der Waals surface area contributed by atoms with E-state index in [0.717, 1.165) is 11.4 Å². The van der Waals surface area contributed by atoms with Crippen molar-refractivity contribution in [2.45, 2.75) is 6.92 Å². The molecule has 0 saturated carbocycles. The van der Waals surface area contributed by atoms with Crippen LogP contribution in [0.4, 0.5) is 5.82 Å². The van der Waals surface area contributed by atoms with E-state index in [-0.39, 0.29) is 13.2 Å². The lowest BCUT2D eigenvalue weighted by Crippen LogP contribution is -2.30. The average Bonchev–Trinajstić information content (AvgIpc) is 2.19. The molecular weight excluding hydrogens is 180 g/mol. The molecule has 1 heterocycles. The fraction of sp³-hybridized carbons (Fsp3) is 0.500. The van der Waals surface area contributed by atoms with Crippen molar-refractivity contribution >= 4 is 5.82 Å². The van der Waals surface area contributed by atoms with Gasteiger partial charge >= 0.3 is 0 Å². The standard InChI is InChI=1S/C10H16N2O2/c1-9-2-3-10(11-8-9)12(4-6-13)5-7-14/h2-3,8,13-14H,4-7H2,1H3. The summed E-state index contributed by atoms with van der Waals surface area (Å²) in [6.45, 7) is 3.09. The SMILES string of the molecule is Cc1ccc(N(CCO)CCO)nc1. The van der Waals surface area contributed by atoms with Crippen LogP contribution in [0.2, 0.25) is 0 Å². The Balaban J connectivity index is 2.71. The van der Waals surface area contributed by atoms with E-state index >= 15 is 0 Å². The Kier molecular flexibility index (Phi) is 4.35. The third-order valence-corrected chi connectivity index (χ3v) is 1.96. The molecule has 14 heavy (non-hydrogen) atoms.